The number of ether oxygens (including phenoxy) is 2. The largest absolute Gasteiger partial charge is 0.407 e. The maximum absolute atomic E-state index is 14.7. The van der Waals surface area contributed by atoms with E-state index in [2.05, 4.69) is 20.3 Å². The number of nitrogens with zero attached hydrogens (tertiary/aromatic N) is 4. The number of nitrogens with two attached hydrogens (primary N) is 1. The van der Waals surface area contributed by atoms with Gasteiger partial charge < -0.3 is 25.4 Å². The Morgan fingerprint density at radius 3 is 2.70 bits per heavy atom. The number of benzodiazepines with no additional fused rings is 1. The van der Waals surface area contributed by atoms with E-state index in [1.807, 2.05) is 23.1 Å². The van der Waals surface area contributed by atoms with Gasteiger partial charge in [-0.15, -0.1) is 0 Å². The first-order valence-corrected chi connectivity index (χ1v) is 11.6. The van der Waals surface area contributed by atoms with Crippen molar-refractivity contribution < 1.29 is 18.7 Å². The minimum Gasteiger partial charge on any atom is -0.407 e. The second-order valence-corrected chi connectivity index (χ2v) is 8.24. The van der Waals surface area contributed by atoms with Crippen LogP contribution in [0.1, 0.15) is 16.7 Å². The van der Waals surface area contributed by atoms with Gasteiger partial charge in [-0.05, 0) is 18.2 Å². The number of nitrogens with one attached hydrogen (secondary N) is 2. The van der Waals surface area contributed by atoms with Crippen molar-refractivity contribution in [3.8, 4) is 0 Å². The predicted molar refractivity (Wildman–Crippen MR) is 138 cm³/mol. The summed E-state index contributed by atoms with van der Waals surface area (Å²) in [5.41, 5.74) is 7.88. The molecule has 2 aliphatic heterocycles. The van der Waals surface area contributed by atoms with Crippen LogP contribution < -0.4 is 16.0 Å². The highest BCUT2D eigenvalue weighted by Crippen LogP contribution is 2.27. The number of carbonyl (C=O) groups is 1. The molecule has 0 saturated carbocycles. The average molecular weight is 502 g/mol. The number of aliphatic imine (C=N–C) groups is 2. The molecule has 11 heteroatoms. The van der Waals surface area contributed by atoms with E-state index in [-0.39, 0.29) is 11.6 Å². The summed E-state index contributed by atoms with van der Waals surface area (Å²) < 4.78 is 25.5. The van der Waals surface area contributed by atoms with E-state index >= 15 is 0 Å². The Hall–Kier alpha value is -4.64. The summed E-state index contributed by atoms with van der Waals surface area (Å²) in [7, 11) is 0. The first-order chi connectivity index (χ1) is 18.0. The highest BCUT2D eigenvalue weighted by Gasteiger charge is 2.28. The summed E-state index contributed by atoms with van der Waals surface area (Å²) in [4.78, 5) is 28.0. The van der Waals surface area contributed by atoms with E-state index < -0.39 is 23.9 Å². The molecule has 2 aromatic carbocycles. The van der Waals surface area contributed by atoms with Crippen LogP contribution in [0.15, 0.2) is 76.8 Å². The third kappa shape index (κ3) is 5.16. The van der Waals surface area contributed by atoms with Crippen LogP contribution in [-0.4, -0.2) is 61.0 Å². The van der Waals surface area contributed by atoms with Crippen LogP contribution in [0.3, 0.4) is 0 Å². The molecule has 0 radical (unpaired) electrons. The van der Waals surface area contributed by atoms with E-state index in [4.69, 9.17) is 20.6 Å². The van der Waals surface area contributed by atoms with Crippen molar-refractivity contribution in [2.75, 3.05) is 36.5 Å². The molecule has 1 aromatic heterocycles. The lowest BCUT2D eigenvalue weighted by Gasteiger charge is -2.29. The fraction of sp³-hybridized carbons (Fsp3) is 0.192. The van der Waals surface area contributed by atoms with E-state index in [0.717, 1.165) is 0 Å². The molecule has 3 heterocycles. The topological polar surface area (TPSA) is 138 Å². The minimum atomic E-state index is -1.37. The normalized spacial score (nSPS) is 17.8. The standard InChI is InChI=1S/C26H24FN7O3/c27-19-10-4-8-17-20(16-6-2-1-3-7-16)31-23(25(35)32-21(17)19)33-26(29)37-22(28)18-9-5-11-30-24(18)34-12-14-36-15-13-34/h1-11,23,28H,12-15H2,(H2,29,33)(H,32,35)/t23-/m1/s1. The Bertz CT molecular complexity index is 1390. The van der Waals surface area contributed by atoms with E-state index in [0.29, 0.717) is 54.5 Å². The van der Waals surface area contributed by atoms with Crippen LogP contribution in [0.2, 0.25) is 0 Å². The Balaban J connectivity index is 1.44. The van der Waals surface area contributed by atoms with Crippen molar-refractivity contribution in [2.45, 2.75) is 6.17 Å². The summed E-state index contributed by atoms with van der Waals surface area (Å²) in [6, 6.07) is 16.5. The summed E-state index contributed by atoms with van der Waals surface area (Å²) >= 11 is 0. The summed E-state index contributed by atoms with van der Waals surface area (Å²) in [5.74, 6) is -1.01. The molecular weight excluding hydrogens is 477 g/mol. The quantitative estimate of drug-likeness (QED) is 0.371. The molecule has 1 saturated heterocycles. The Morgan fingerprint density at radius 2 is 1.92 bits per heavy atom. The van der Waals surface area contributed by atoms with Crippen molar-refractivity contribution >= 4 is 35.0 Å². The number of amidine groups is 1. The predicted octanol–water partition coefficient (Wildman–Crippen LogP) is 2.53. The van der Waals surface area contributed by atoms with Gasteiger partial charge in [-0.2, -0.15) is 4.99 Å². The Kier molecular flexibility index (Phi) is 6.86. The number of hydrogen-bond donors (Lipinski definition) is 3. The number of anilines is 2. The van der Waals surface area contributed by atoms with Gasteiger partial charge in [0.25, 0.3) is 11.9 Å². The number of rotatable bonds is 4. The summed E-state index contributed by atoms with van der Waals surface area (Å²) in [6.07, 6.45) is 0.258. The number of benzene rings is 2. The molecule has 0 unspecified atom stereocenters. The maximum Gasteiger partial charge on any atom is 0.291 e. The maximum atomic E-state index is 14.7. The van der Waals surface area contributed by atoms with Gasteiger partial charge in [0, 0.05) is 30.4 Å². The Morgan fingerprint density at radius 1 is 1.14 bits per heavy atom. The molecule has 188 valence electrons. The molecule has 3 aromatic rings. The number of aromatic nitrogens is 1. The lowest BCUT2D eigenvalue weighted by atomic mass is 10.0. The molecule has 37 heavy (non-hydrogen) atoms. The van der Waals surface area contributed by atoms with Crippen LogP contribution in [-0.2, 0) is 14.3 Å². The number of fused-ring (bicyclic) bond motifs is 1. The molecule has 1 fully saturated rings. The lowest BCUT2D eigenvalue weighted by molar-refractivity contribution is -0.117. The number of carbonyl (C=O) groups excluding carboxylic acids is 1. The minimum absolute atomic E-state index is 0.00514. The van der Waals surface area contributed by atoms with E-state index in [9.17, 15) is 9.18 Å². The molecule has 10 nitrogen and oxygen atoms in total. The molecule has 2 aliphatic rings. The Labute approximate surface area is 212 Å². The third-order valence-corrected chi connectivity index (χ3v) is 5.85. The summed E-state index contributed by atoms with van der Waals surface area (Å²) in [5, 5.41) is 11.0. The highest BCUT2D eigenvalue weighted by molar-refractivity contribution is 6.19. The van der Waals surface area contributed by atoms with Crippen LogP contribution in [0.25, 0.3) is 0 Å². The van der Waals surface area contributed by atoms with Crippen LogP contribution in [0.4, 0.5) is 15.9 Å². The number of para-hydroxylation sites is 1. The first-order valence-electron chi connectivity index (χ1n) is 11.6. The molecular formula is C26H24FN7O3. The lowest BCUT2D eigenvalue weighted by Crippen LogP contribution is -2.38. The zero-order valence-electron chi connectivity index (χ0n) is 19.7. The smallest absolute Gasteiger partial charge is 0.291 e. The van der Waals surface area contributed by atoms with Crippen molar-refractivity contribution in [3.63, 3.8) is 0 Å². The fourth-order valence-corrected chi connectivity index (χ4v) is 4.11. The summed E-state index contributed by atoms with van der Waals surface area (Å²) in [6.45, 7) is 2.35. The zero-order valence-corrected chi connectivity index (χ0v) is 19.7. The molecule has 5 rings (SSSR count). The SMILES string of the molecule is N=C(O/C(N)=N/[C@H]1N=C(c2ccccc2)c2cccc(F)c2NC1=O)c1cccnc1N1CCOCC1. The molecule has 0 bridgehead atoms. The van der Waals surface area contributed by atoms with Gasteiger partial charge in [0.2, 0.25) is 12.1 Å². The van der Waals surface area contributed by atoms with Crippen molar-refractivity contribution in [1.82, 2.24) is 4.98 Å². The molecule has 1 amide bonds. The van der Waals surface area contributed by atoms with Gasteiger partial charge in [-0.1, -0.05) is 42.5 Å². The van der Waals surface area contributed by atoms with Crippen LogP contribution in [0, 0.1) is 11.2 Å². The van der Waals surface area contributed by atoms with E-state index in [1.165, 1.54) is 6.07 Å². The monoisotopic (exact) mass is 501 g/mol. The van der Waals surface area contributed by atoms with E-state index in [1.54, 1.807) is 42.6 Å². The van der Waals surface area contributed by atoms with Crippen LogP contribution >= 0.6 is 0 Å². The average Bonchev–Trinajstić information content (AvgIpc) is 3.06. The van der Waals surface area contributed by atoms with Crippen LogP contribution in [0.5, 0.6) is 0 Å². The number of halogens is 1. The van der Waals surface area contributed by atoms with Crippen molar-refractivity contribution in [1.29, 1.82) is 5.41 Å². The van der Waals surface area contributed by atoms with Gasteiger partial charge >= 0.3 is 0 Å². The van der Waals surface area contributed by atoms with Gasteiger partial charge in [-0.3, -0.25) is 10.2 Å². The number of hydrogen-bond acceptors (Lipinski definition) is 8. The zero-order chi connectivity index (χ0) is 25.8. The van der Waals surface area contributed by atoms with Gasteiger partial charge in [0.05, 0.1) is 30.2 Å². The number of pyridine rings is 1. The molecule has 4 N–H and O–H groups in total. The number of morpholine rings is 1. The second-order valence-electron chi connectivity index (χ2n) is 8.24. The van der Waals surface area contributed by atoms with Crippen molar-refractivity contribution in [3.05, 3.63) is 89.4 Å². The van der Waals surface area contributed by atoms with Gasteiger partial charge in [0.1, 0.15) is 11.6 Å². The molecule has 0 aliphatic carbocycles. The van der Waals surface area contributed by atoms with Gasteiger partial charge in [0.15, 0.2) is 0 Å². The first kappa shape index (κ1) is 24.1. The fourth-order valence-electron chi connectivity index (χ4n) is 4.11. The molecule has 1 atom stereocenters. The van der Waals surface area contributed by atoms with Gasteiger partial charge in [-0.25, -0.2) is 14.4 Å². The molecule has 0 spiro atoms. The second kappa shape index (κ2) is 10.5. The highest BCUT2D eigenvalue weighted by atomic mass is 19.1. The van der Waals surface area contributed by atoms with Crippen molar-refractivity contribution in [2.24, 2.45) is 15.7 Å². The number of amides is 1. The third-order valence-electron chi connectivity index (χ3n) is 5.85.